The van der Waals surface area contributed by atoms with Gasteiger partial charge in [0.2, 0.25) is 0 Å². The van der Waals surface area contributed by atoms with Crippen molar-refractivity contribution in [2.75, 3.05) is 18.0 Å². The molecular weight excluding hydrogens is 443 g/mol. The van der Waals surface area contributed by atoms with Crippen LogP contribution in [0.5, 0.6) is 5.75 Å². The molecule has 0 bridgehead atoms. The lowest BCUT2D eigenvalue weighted by atomic mass is 10.1. The summed E-state index contributed by atoms with van der Waals surface area (Å²) in [6, 6.07) is 6.80. The SMILES string of the molecule is CC=N/C=C(\S)c1cc(C(N)=Nc2ccc(OC(F)(F)F)cc2)cnc1N1CC[C@@H](O)C1. The van der Waals surface area contributed by atoms with Crippen LogP contribution in [0.2, 0.25) is 0 Å². The van der Waals surface area contributed by atoms with Crippen molar-refractivity contribution in [3.8, 4) is 5.75 Å². The maximum atomic E-state index is 12.3. The van der Waals surface area contributed by atoms with Gasteiger partial charge in [0.25, 0.3) is 0 Å². The Kier molecular flexibility index (Phi) is 7.41. The van der Waals surface area contributed by atoms with Gasteiger partial charge in [-0.3, -0.25) is 4.99 Å². The van der Waals surface area contributed by atoms with Crippen LogP contribution in [0.3, 0.4) is 0 Å². The molecule has 0 radical (unpaired) electrons. The predicted octanol–water partition coefficient (Wildman–Crippen LogP) is 3.91. The minimum Gasteiger partial charge on any atom is -0.406 e. The zero-order chi connectivity index (χ0) is 23.3. The summed E-state index contributed by atoms with van der Waals surface area (Å²) < 4.78 is 40.8. The summed E-state index contributed by atoms with van der Waals surface area (Å²) in [6.45, 7) is 2.88. The molecule has 1 atom stereocenters. The Balaban J connectivity index is 1.91. The van der Waals surface area contributed by atoms with Gasteiger partial charge < -0.3 is 20.5 Å². The number of halogens is 3. The van der Waals surface area contributed by atoms with Crippen LogP contribution in [0.4, 0.5) is 24.7 Å². The highest BCUT2D eigenvalue weighted by Crippen LogP contribution is 2.31. The second kappa shape index (κ2) is 10.0. The number of amidine groups is 1. The Morgan fingerprint density at radius 1 is 1.34 bits per heavy atom. The Morgan fingerprint density at radius 3 is 2.66 bits per heavy atom. The van der Waals surface area contributed by atoms with Gasteiger partial charge in [0.05, 0.1) is 11.8 Å². The molecule has 1 aromatic heterocycles. The van der Waals surface area contributed by atoms with E-state index < -0.39 is 12.5 Å². The van der Waals surface area contributed by atoms with E-state index in [9.17, 15) is 18.3 Å². The molecule has 0 saturated carbocycles. The van der Waals surface area contributed by atoms with Gasteiger partial charge in [-0.2, -0.15) is 0 Å². The minimum absolute atomic E-state index is 0.122. The van der Waals surface area contributed by atoms with Crippen molar-refractivity contribution in [3.05, 3.63) is 53.9 Å². The van der Waals surface area contributed by atoms with E-state index in [1.807, 2.05) is 4.90 Å². The number of nitrogens with two attached hydrogens (primary N) is 1. The van der Waals surface area contributed by atoms with Crippen molar-refractivity contribution in [2.45, 2.75) is 25.8 Å². The molecule has 3 rings (SSSR count). The van der Waals surface area contributed by atoms with Crippen LogP contribution in [-0.4, -0.2) is 47.7 Å². The fraction of sp³-hybridized carbons (Fsp3) is 0.286. The maximum Gasteiger partial charge on any atom is 0.573 e. The van der Waals surface area contributed by atoms with Crippen molar-refractivity contribution >= 4 is 41.1 Å². The Bertz CT molecular complexity index is 1040. The van der Waals surface area contributed by atoms with Crippen LogP contribution < -0.4 is 15.4 Å². The molecular formula is C21H22F3N5O2S. The van der Waals surface area contributed by atoms with E-state index in [0.717, 1.165) is 12.1 Å². The molecule has 170 valence electrons. The average molecular weight is 466 g/mol. The maximum absolute atomic E-state index is 12.3. The summed E-state index contributed by atoms with van der Waals surface area (Å²) in [4.78, 5) is 15.4. The van der Waals surface area contributed by atoms with Gasteiger partial charge in [0.1, 0.15) is 17.4 Å². The first kappa shape index (κ1) is 23.6. The summed E-state index contributed by atoms with van der Waals surface area (Å²) >= 11 is 4.53. The van der Waals surface area contributed by atoms with E-state index in [1.165, 1.54) is 12.1 Å². The second-order valence-electron chi connectivity index (χ2n) is 6.94. The smallest absolute Gasteiger partial charge is 0.406 e. The molecule has 1 aromatic carbocycles. The zero-order valence-electron chi connectivity index (χ0n) is 17.1. The molecule has 2 aromatic rings. The van der Waals surface area contributed by atoms with E-state index >= 15 is 0 Å². The Morgan fingerprint density at radius 2 is 2.06 bits per heavy atom. The number of hydrogen-bond donors (Lipinski definition) is 3. The van der Waals surface area contributed by atoms with Gasteiger partial charge in [0, 0.05) is 47.7 Å². The lowest BCUT2D eigenvalue weighted by Gasteiger charge is -2.21. The van der Waals surface area contributed by atoms with E-state index in [-0.39, 0.29) is 11.6 Å². The highest BCUT2D eigenvalue weighted by atomic mass is 32.1. The second-order valence-corrected chi connectivity index (χ2v) is 7.43. The topological polar surface area (TPSA) is 96.3 Å². The molecule has 1 saturated heterocycles. The molecule has 0 unspecified atom stereocenters. The van der Waals surface area contributed by atoms with Gasteiger partial charge in [-0.1, -0.05) is 0 Å². The number of aliphatic hydroxyl groups excluding tert-OH is 1. The molecule has 0 amide bonds. The number of aromatic nitrogens is 1. The van der Waals surface area contributed by atoms with Crippen molar-refractivity contribution < 1.29 is 23.0 Å². The number of aliphatic hydroxyl groups is 1. The number of nitrogens with zero attached hydrogens (tertiary/aromatic N) is 4. The molecule has 7 nitrogen and oxygen atoms in total. The highest BCUT2D eigenvalue weighted by molar-refractivity contribution is 7.90. The molecule has 1 aliphatic heterocycles. The first-order chi connectivity index (χ1) is 15.2. The highest BCUT2D eigenvalue weighted by Gasteiger charge is 2.31. The summed E-state index contributed by atoms with van der Waals surface area (Å²) in [5.41, 5.74) is 7.65. The van der Waals surface area contributed by atoms with Crippen LogP contribution in [-0.2, 0) is 0 Å². The standard InChI is InChI=1S/C21H22F3N5O2S/c1-2-26-11-18(32)17-9-13(10-27-20(17)29-8-7-15(30)12-29)19(25)28-14-3-5-16(6-4-14)31-21(22,23)24/h2-6,9-11,15,30,32H,7-8,12H2,1H3,(H2,25,28)/b18-11-,26-2?/t15-/m1/s1. The van der Waals surface area contributed by atoms with E-state index in [0.29, 0.717) is 47.0 Å². The number of alkyl halides is 3. The summed E-state index contributed by atoms with van der Waals surface area (Å²) in [5, 5.41) is 9.88. The van der Waals surface area contributed by atoms with E-state index in [2.05, 4.69) is 32.3 Å². The third-order valence-corrected chi connectivity index (χ3v) is 4.92. The van der Waals surface area contributed by atoms with Crippen LogP contribution in [0.1, 0.15) is 24.5 Å². The first-order valence-corrected chi connectivity index (χ1v) is 10.1. The van der Waals surface area contributed by atoms with Gasteiger partial charge in [0.15, 0.2) is 0 Å². The number of aliphatic imine (C=N–C) groups is 2. The fourth-order valence-corrected chi connectivity index (χ4v) is 3.34. The average Bonchev–Trinajstić information content (AvgIpc) is 3.18. The summed E-state index contributed by atoms with van der Waals surface area (Å²) in [5.74, 6) is 0.410. The number of pyridine rings is 1. The number of anilines is 1. The van der Waals surface area contributed by atoms with E-state index in [4.69, 9.17) is 5.73 Å². The van der Waals surface area contributed by atoms with Gasteiger partial charge >= 0.3 is 6.36 Å². The van der Waals surface area contributed by atoms with Crippen molar-refractivity contribution in [2.24, 2.45) is 15.7 Å². The third kappa shape index (κ3) is 6.24. The number of benzene rings is 1. The minimum atomic E-state index is -4.76. The van der Waals surface area contributed by atoms with Crippen molar-refractivity contribution in [3.63, 3.8) is 0 Å². The molecule has 1 aliphatic rings. The molecule has 32 heavy (non-hydrogen) atoms. The van der Waals surface area contributed by atoms with Crippen LogP contribution in [0, 0.1) is 0 Å². The monoisotopic (exact) mass is 465 g/mol. The van der Waals surface area contributed by atoms with Crippen molar-refractivity contribution in [1.82, 2.24) is 4.98 Å². The van der Waals surface area contributed by atoms with E-state index in [1.54, 1.807) is 31.6 Å². The molecule has 1 fully saturated rings. The third-order valence-electron chi connectivity index (χ3n) is 4.57. The summed E-state index contributed by atoms with van der Waals surface area (Å²) in [7, 11) is 0. The number of ether oxygens (including phenoxy) is 1. The number of rotatable bonds is 6. The largest absolute Gasteiger partial charge is 0.573 e. The zero-order valence-corrected chi connectivity index (χ0v) is 18.0. The number of thiol groups is 1. The molecule has 0 spiro atoms. The van der Waals surface area contributed by atoms with Gasteiger partial charge in [-0.25, -0.2) is 9.98 Å². The lowest BCUT2D eigenvalue weighted by Crippen LogP contribution is -2.24. The molecule has 2 heterocycles. The Labute approximate surface area is 188 Å². The van der Waals surface area contributed by atoms with Gasteiger partial charge in [-0.05, 0) is 43.7 Å². The number of hydrogen-bond acceptors (Lipinski definition) is 7. The first-order valence-electron chi connectivity index (χ1n) is 9.67. The fourth-order valence-electron chi connectivity index (χ4n) is 3.11. The van der Waals surface area contributed by atoms with Crippen molar-refractivity contribution in [1.29, 1.82) is 0 Å². The van der Waals surface area contributed by atoms with Crippen LogP contribution in [0.15, 0.2) is 52.7 Å². The molecule has 11 heteroatoms. The number of β-amino-alcohol motifs (C(OH)–C–C–N with tert-alkyl or cyclic N) is 1. The molecule has 3 N–H and O–H groups in total. The summed E-state index contributed by atoms with van der Waals surface area (Å²) in [6.07, 6.45) is 0.189. The normalized spacial score (nSPS) is 17.9. The quantitative estimate of drug-likeness (QED) is 0.342. The molecule has 0 aliphatic carbocycles. The van der Waals surface area contributed by atoms with Crippen LogP contribution in [0.25, 0.3) is 4.91 Å². The lowest BCUT2D eigenvalue weighted by molar-refractivity contribution is -0.274. The van der Waals surface area contributed by atoms with Gasteiger partial charge in [-0.15, -0.1) is 25.8 Å². The van der Waals surface area contributed by atoms with Crippen LogP contribution >= 0.6 is 12.6 Å². The predicted molar refractivity (Wildman–Crippen MR) is 122 cm³/mol. The Hall–Kier alpha value is -3.05.